The Balaban J connectivity index is 1.68. The Morgan fingerprint density at radius 3 is 2.72 bits per heavy atom. The second-order valence-corrected chi connectivity index (χ2v) is 5.03. The average Bonchev–Trinajstić information content (AvgIpc) is 2.35. The van der Waals surface area contributed by atoms with Crippen molar-refractivity contribution < 1.29 is 4.74 Å². The fourth-order valence-corrected chi connectivity index (χ4v) is 2.37. The van der Waals surface area contributed by atoms with E-state index in [4.69, 9.17) is 4.74 Å². The van der Waals surface area contributed by atoms with Gasteiger partial charge in [0.05, 0.1) is 6.10 Å². The smallest absolute Gasteiger partial charge is 0.223 e. The first-order valence-electron chi connectivity index (χ1n) is 6.92. The zero-order chi connectivity index (χ0) is 12.8. The first-order chi connectivity index (χ1) is 8.74. The molecule has 2 rings (SSSR count). The van der Waals surface area contributed by atoms with Crippen LogP contribution in [0.15, 0.2) is 6.07 Å². The van der Waals surface area contributed by atoms with Crippen LogP contribution in [0.1, 0.15) is 43.5 Å². The van der Waals surface area contributed by atoms with Gasteiger partial charge in [-0.05, 0) is 52.0 Å². The zero-order valence-corrected chi connectivity index (χ0v) is 11.4. The average molecular weight is 249 g/mol. The molecule has 2 heterocycles. The third-order valence-electron chi connectivity index (χ3n) is 3.24. The van der Waals surface area contributed by atoms with Crippen LogP contribution in [0, 0.1) is 13.8 Å². The first kappa shape index (κ1) is 13.3. The lowest BCUT2D eigenvalue weighted by Gasteiger charge is -2.22. The largest absolute Gasteiger partial charge is 0.378 e. The number of nitrogens with one attached hydrogen (secondary N) is 1. The molecule has 18 heavy (non-hydrogen) atoms. The number of rotatable bonds is 5. The van der Waals surface area contributed by atoms with Crippen molar-refractivity contribution in [2.24, 2.45) is 0 Å². The van der Waals surface area contributed by atoms with Gasteiger partial charge >= 0.3 is 0 Å². The molecule has 1 saturated heterocycles. The van der Waals surface area contributed by atoms with Crippen molar-refractivity contribution in [2.75, 3.05) is 18.5 Å². The van der Waals surface area contributed by atoms with Crippen molar-refractivity contribution in [1.82, 2.24) is 9.97 Å². The molecule has 0 bridgehead atoms. The van der Waals surface area contributed by atoms with Crippen molar-refractivity contribution in [1.29, 1.82) is 0 Å². The highest BCUT2D eigenvalue weighted by atomic mass is 16.5. The molecule has 1 N–H and O–H groups in total. The Morgan fingerprint density at radius 2 is 2.06 bits per heavy atom. The van der Waals surface area contributed by atoms with Crippen LogP contribution in [0.2, 0.25) is 0 Å². The lowest BCUT2D eigenvalue weighted by Crippen LogP contribution is -2.20. The summed E-state index contributed by atoms with van der Waals surface area (Å²) in [6, 6.07) is 1.99. The van der Waals surface area contributed by atoms with E-state index in [9.17, 15) is 0 Å². The Kier molecular flexibility index (Phi) is 4.93. The molecule has 0 aromatic carbocycles. The molecule has 0 saturated carbocycles. The summed E-state index contributed by atoms with van der Waals surface area (Å²) in [5, 5.41) is 3.29. The van der Waals surface area contributed by atoms with Crippen LogP contribution >= 0.6 is 0 Å². The summed E-state index contributed by atoms with van der Waals surface area (Å²) < 4.78 is 5.71. The van der Waals surface area contributed by atoms with E-state index in [0.717, 1.165) is 43.3 Å². The van der Waals surface area contributed by atoms with Crippen LogP contribution in [0.4, 0.5) is 5.95 Å². The predicted molar refractivity (Wildman–Crippen MR) is 72.8 cm³/mol. The SMILES string of the molecule is Cc1cc(C)nc(NCCC[C@H]2CCCCO2)n1. The summed E-state index contributed by atoms with van der Waals surface area (Å²) in [5.74, 6) is 0.747. The van der Waals surface area contributed by atoms with E-state index in [1.165, 1.54) is 19.3 Å². The van der Waals surface area contributed by atoms with Crippen molar-refractivity contribution >= 4 is 5.95 Å². The molecule has 1 atom stereocenters. The maximum atomic E-state index is 5.71. The van der Waals surface area contributed by atoms with E-state index in [0.29, 0.717) is 6.10 Å². The Bertz CT molecular complexity index is 355. The zero-order valence-electron chi connectivity index (χ0n) is 11.4. The summed E-state index contributed by atoms with van der Waals surface area (Å²) in [5.41, 5.74) is 2.03. The fourth-order valence-electron chi connectivity index (χ4n) is 2.37. The summed E-state index contributed by atoms with van der Waals surface area (Å²) in [7, 11) is 0. The Morgan fingerprint density at radius 1 is 1.28 bits per heavy atom. The van der Waals surface area contributed by atoms with E-state index in [2.05, 4.69) is 15.3 Å². The molecule has 1 aliphatic heterocycles. The topological polar surface area (TPSA) is 47.0 Å². The number of aromatic nitrogens is 2. The van der Waals surface area contributed by atoms with E-state index in [1.807, 2.05) is 19.9 Å². The fraction of sp³-hybridized carbons (Fsp3) is 0.714. The monoisotopic (exact) mass is 249 g/mol. The molecular formula is C14H23N3O. The van der Waals surface area contributed by atoms with E-state index < -0.39 is 0 Å². The lowest BCUT2D eigenvalue weighted by molar-refractivity contribution is 0.0107. The molecule has 1 aromatic rings. The van der Waals surface area contributed by atoms with Gasteiger partial charge in [-0.3, -0.25) is 0 Å². The Hall–Kier alpha value is -1.16. The molecular weight excluding hydrogens is 226 g/mol. The first-order valence-corrected chi connectivity index (χ1v) is 6.92. The van der Waals surface area contributed by atoms with Gasteiger partial charge < -0.3 is 10.1 Å². The minimum Gasteiger partial charge on any atom is -0.378 e. The third kappa shape index (κ3) is 4.26. The van der Waals surface area contributed by atoms with E-state index in [-0.39, 0.29) is 0 Å². The van der Waals surface area contributed by atoms with Crippen molar-refractivity contribution in [2.45, 2.75) is 52.1 Å². The number of anilines is 1. The van der Waals surface area contributed by atoms with Crippen LogP contribution in [0.25, 0.3) is 0 Å². The van der Waals surface area contributed by atoms with Gasteiger partial charge in [-0.1, -0.05) is 0 Å². The molecule has 1 aliphatic rings. The molecule has 0 spiro atoms. The predicted octanol–water partition coefficient (Wildman–Crippen LogP) is 2.85. The van der Waals surface area contributed by atoms with Gasteiger partial charge in [0, 0.05) is 24.5 Å². The molecule has 100 valence electrons. The highest BCUT2D eigenvalue weighted by Crippen LogP contribution is 2.16. The van der Waals surface area contributed by atoms with Gasteiger partial charge in [-0.25, -0.2) is 9.97 Å². The third-order valence-corrected chi connectivity index (χ3v) is 3.24. The summed E-state index contributed by atoms with van der Waals surface area (Å²) in [4.78, 5) is 8.73. The second kappa shape index (κ2) is 6.69. The van der Waals surface area contributed by atoms with Crippen LogP contribution in [0.5, 0.6) is 0 Å². The van der Waals surface area contributed by atoms with Crippen molar-refractivity contribution in [3.05, 3.63) is 17.5 Å². The molecule has 0 aliphatic carbocycles. The number of ether oxygens (including phenoxy) is 1. The van der Waals surface area contributed by atoms with Gasteiger partial charge in [0.15, 0.2) is 0 Å². The van der Waals surface area contributed by atoms with Gasteiger partial charge in [-0.15, -0.1) is 0 Å². The molecule has 0 radical (unpaired) electrons. The number of aryl methyl sites for hydroxylation is 2. The lowest BCUT2D eigenvalue weighted by atomic mass is 10.0. The maximum absolute atomic E-state index is 5.71. The quantitative estimate of drug-likeness (QED) is 0.815. The van der Waals surface area contributed by atoms with E-state index >= 15 is 0 Å². The minimum atomic E-state index is 0.473. The molecule has 0 amide bonds. The van der Waals surface area contributed by atoms with Crippen LogP contribution in [-0.4, -0.2) is 29.2 Å². The maximum Gasteiger partial charge on any atom is 0.223 e. The highest BCUT2D eigenvalue weighted by molar-refractivity contribution is 5.27. The number of hydrogen-bond acceptors (Lipinski definition) is 4. The number of hydrogen-bond donors (Lipinski definition) is 1. The van der Waals surface area contributed by atoms with Gasteiger partial charge in [0.1, 0.15) is 0 Å². The van der Waals surface area contributed by atoms with Crippen LogP contribution in [0.3, 0.4) is 0 Å². The standard InChI is InChI=1S/C14H23N3O/c1-11-10-12(2)17-14(16-11)15-8-5-7-13-6-3-4-9-18-13/h10,13H,3-9H2,1-2H3,(H,15,16,17)/t13-/m1/s1. The van der Waals surface area contributed by atoms with Gasteiger partial charge in [-0.2, -0.15) is 0 Å². The highest BCUT2D eigenvalue weighted by Gasteiger charge is 2.12. The molecule has 0 unspecified atom stereocenters. The minimum absolute atomic E-state index is 0.473. The van der Waals surface area contributed by atoms with Crippen LogP contribution < -0.4 is 5.32 Å². The van der Waals surface area contributed by atoms with Crippen molar-refractivity contribution in [3.8, 4) is 0 Å². The summed E-state index contributed by atoms with van der Waals surface area (Å²) in [6.45, 7) is 5.85. The van der Waals surface area contributed by atoms with Gasteiger partial charge in [0.25, 0.3) is 0 Å². The molecule has 1 aromatic heterocycles. The van der Waals surface area contributed by atoms with Gasteiger partial charge in [0.2, 0.25) is 5.95 Å². The molecule has 1 fully saturated rings. The number of nitrogens with zero attached hydrogens (tertiary/aromatic N) is 2. The summed E-state index contributed by atoms with van der Waals surface area (Å²) >= 11 is 0. The van der Waals surface area contributed by atoms with E-state index in [1.54, 1.807) is 0 Å². The normalized spacial score (nSPS) is 19.8. The summed E-state index contributed by atoms with van der Waals surface area (Å²) in [6.07, 6.45) is 6.49. The Labute approximate surface area is 109 Å². The van der Waals surface area contributed by atoms with Crippen LogP contribution in [-0.2, 0) is 4.74 Å². The van der Waals surface area contributed by atoms with Crippen molar-refractivity contribution in [3.63, 3.8) is 0 Å². The molecule has 4 nitrogen and oxygen atoms in total. The molecule has 4 heteroatoms. The second-order valence-electron chi connectivity index (χ2n) is 5.03.